The van der Waals surface area contributed by atoms with Gasteiger partial charge in [-0.15, -0.1) is 23.5 Å². The van der Waals surface area contributed by atoms with Gasteiger partial charge in [-0.3, -0.25) is 4.79 Å². The van der Waals surface area contributed by atoms with Gasteiger partial charge in [0.15, 0.2) is 0 Å². The van der Waals surface area contributed by atoms with Crippen LogP contribution in [0.25, 0.3) is 23.1 Å². The summed E-state index contributed by atoms with van der Waals surface area (Å²) in [5.41, 5.74) is 4.22. The Labute approximate surface area is 204 Å². The van der Waals surface area contributed by atoms with E-state index in [4.69, 9.17) is 16.6 Å². The van der Waals surface area contributed by atoms with Crippen molar-refractivity contribution in [2.24, 2.45) is 0 Å². The molecule has 1 atom stereocenters. The van der Waals surface area contributed by atoms with Gasteiger partial charge in [0.25, 0.3) is 0 Å². The zero-order valence-electron chi connectivity index (χ0n) is 18.8. The van der Waals surface area contributed by atoms with Gasteiger partial charge in [0, 0.05) is 36.7 Å². The second kappa shape index (κ2) is 12.3. The maximum atomic E-state index is 11.9. The molecule has 32 heavy (non-hydrogen) atoms. The molecule has 1 amide bonds. The number of benzene rings is 2. The number of halogens is 1. The van der Waals surface area contributed by atoms with Crippen LogP contribution in [0.1, 0.15) is 41.2 Å². The number of carbonyl (C=O) groups is 1. The molecule has 0 aliphatic carbocycles. The molecule has 0 saturated heterocycles. The highest BCUT2D eigenvalue weighted by Crippen LogP contribution is 2.40. The molecule has 0 fully saturated rings. The molecule has 0 aliphatic heterocycles. The maximum absolute atomic E-state index is 11.9. The number of thioether (sulfide) groups is 2. The molecule has 1 aromatic heterocycles. The lowest BCUT2D eigenvalue weighted by molar-refractivity contribution is -0.128. The summed E-state index contributed by atoms with van der Waals surface area (Å²) in [6.45, 7) is 2.20. The molecule has 1 unspecified atom stereocenters. The summed E-state index contributed by atoms with van der Waals surface area (Å²) in [5, 5.41) is 1.77. The van der Waals surface area contributed by atoms with E-state index < -0.39 is 0 Å². The molecule has 3 nitrogen and oxygen atoms in total. The van der Waals surface area contributed by atoms with E-state index in [0.717, 1.165) is 40.1 Å². The summed E-state index contributed by atoms with van der Waals surface area (Å²) in [7, 11) is 3.62. The molecule has 2 aromatic carbocycles. The van der Waals surface area contributed by atoms with E-state index in [0.29, 0.717) is 16.0 Å². The van der Waals surface area contributed by atoms with Crippen molar-refractivity contribution in [3.05, 3.63) is 76.4 Å². The standard InChI is InChI=1S/C26H29ClN2OS2/c1-4-15-31-26(32-16-14-25(30)29(2)3)21-7-5-6-19(17-21)8-12-23-13-10-20-9-11-22(27)18-24(20)28-23/h5-13,17-18,26H,4,14-16H2,1-3H3/b12-8-. The highest BCUT2D eigenvalue weighted by molar-refractivity contribution is 8.16. The minimum Gasteiger partial charge on any atom is -0.349 e. The fraction of sp³-hybridized carbons (Fsp3) is 0.308. The monoisotopic (exact) mass is 484 g/mol. The van der Waals surface area contributed by atoms with Crippen molar-refractivity contribution in [1.29, 1.82) is 0 Å². The molecule has 0 aliphatic rings. The number of hydrogen-bond donors (Lipinski definition) is 0. The molecular formula is C26H29ClN2OS2. The molecule has 0 radical (unpaired) electrons. The molecule has 0 saturated carbocycles. The zero-order valence-corrected chi connectivity index (χ0v) is 21.1. The lowest BCUT2D eigenvalue weighted by atomic mass is 10.1. The Morgan fingerprint density at radius 3 is 2.62 bits per heavy atom. The topological polar surface area (TPSA) is 33.2 Å². The number of aromatic nitrogens is 1. The lowest BCUT2D eigenvalue weighted by Crippen LogP contribution is -2.21. The van der Waals surface area contributed by atoms with Crippen LogP contribution in [-0.2, 0) is 4.79 Å². The second-order valence-corrected chi connectivity index (χ2v) is 10.8. The normalized spacial score (nSPS) is 12.4. The predicted octanol–water partition coefficient (Wildman–Crippen LogP) is 7.41. The van der Waals surface area contributed by atoms with Gasteiger partial charge in [-0.25, -0.2) is 4.98 Å². The van der Waals surface area contributed by atoms with E-state index in [1.807, 2.05) is 68.0 Å². The van der Waals surface area contributed by atoms with Crippen molar-refractivity contribution in [3.8, 4) is 0 Å². The smallest absolute Gasteiger partial charge is 0.222 e. The summed E-state index contributed by atoms with van der Waals surface area (Å²) in [6.07, 6.45) is 5.84. The highest BCUT2D eigenvalue weighted by Gasteiger charge is 2.14. The molecule has 3 aromatic rings. The van der Waals surface area contributed by atoms with E-state index in [1.54, 1.807) is 4.90 Å². The summed E-state index contributed by atoms with van der Waals surface area (Å²) in [5.74, 6) is 2.10. The Balaban J connectivity index is 1.73. The van der Waals surface area contributed by atoms with Crippen molar-refractivity contribution >= 4 is 64.1 Å². The van der Waals surface area contributed by atoms with Crippen LogP contribution < -0.4 is 0 Å². The molecule has 6 heteroatoms. The van der Waals surface area contributed by atoms with Crippen molar-refractivity contribution in [2.75, 3.05) is 25.6 Å². The third kappa shape index (κ3) is 7.29. The Morgan fingerprint density at radius 1 is 1.06 bits per heavy atom. The number of rotatable bonds is 10. The van der Waals surface area contributed by atoms with Gasteiger partial charge in [-0.05, 0) is 53.6 Å². The van der Waals surface area contributed by atoms with Crippen LogP contribution in [0.3, 0.4) is 0 Å². The van der Waals surface area contributed by atoms with Crippen LogP contribution in [-0.4, -0.2) is 41.4 Å². The van der Waals surface area contributed by atoms with Gasteiger partial charge in [0.05, 0.1) is 15.8 Å². The number of amides is 1. The summed E-state index contributed by atoms with van der Waals surface area (Å²) < 4.78 is 0.319. The van der Waals surface area contributed by atoms with Gasteiger partial charge >= 0.3 is 0 Å². The number of hydrogen-bond acceptors (Lipinski definition) is 4. The van der Waals surface area contributed by atoms with Crippen molar-refractivity contribution in [2.45, 2.75) is 24.3 Å². The zero-order chi connectivity index (χ0) is 22.9. The highest BCUT2D eigenvalue weighted by atomic mass is 35.5. The largest absolute Gasteiger partial charge is 0.349 e. The Kier molecular flexibility index (Phi) is 9.51. The van der Waals surface area contributed by atoms with E-state index >= 15 is 0 Å². The molecule has 3 rings (SSSR count). The van der Waals surface area contributed by atoms with Crippen molar-refractivity contribution < 1.29 is 4.79 Å². The fourth-order valence-electron chi connectivity index (χ4n) is 3.13. The third-order valence-corrected chi connectivity index (χ3v) is 8.15. The number of nitrogens with zero attached hydrogens (tertiary/aromatic N) is 2. The summed E-state index contributed by atoms with van der Waals surface area (Å²) in [4.78, 5) is 18.3. The maximum Gasteiger partial charge on any atom is 0.222 e. The fourth-order valence-corrected chi connectivity index (χ4v) is 5.90. The Hall–Kier alpha value is -1.95. The molecular weight excluding hydrogens is 456 g/mol. The van der Waals surface area contributed by atoms with Crippen LogP contribution in [0.4, 0.5) is 0 Å². The van der Waals surface area contributed by atoms with Crippen molar-refractivity contribution in [3.63, 3.8) is 0 Å². The summed E-state index contributed by atoms with van der Waals surface area (Å²) in [6, 6.07) is 18.5. The first-order valence-electron chi connectivity index (χ1n) is 10.7. The van der Waals surface area contributed by atoms with Crippen LogP contribution >= 0.6 is 35.1 Å². The van der Waals surface area contributed by atoms with Crippen LogP contribution in [0.5, 0.6) is 0 Å². The lowest BCUT2D eigenvalue weighted by Gasteiger charge is -2.18. The average molecular weight is 485 g/mol. The number of pyridine rings is 1. The Bertz CT molecular complexity index is 1080. The van der Waals surface area contributed by atoms with E-state index in [-0.39, 0.29) is 5.91 Å². The van der Waals surface area contributed by atoms with Gasteiger partial charge in [-0.1, -0.05) is 54.9 Å². The third-order valence-electron chi connectivity index (χ3n) is 4.86. The van der Waals surface area contributed by atoms with Gasteiger partial charge < -0.3 is 4.90 Å². The minimum absolute atomic E-state index is 0.178. The van der Waals surface area contributed by atoms with E-state index in [2.05, 4.69) is 43.3 Å². The first-order valence-corrected chi connectivity index (χ1v) is 13.2. The van der Waals surface area contributed by atoms with Gasteiger partial charge in [0.2, 0.25) is 5.91 Å². The second-order valence-electron chi connectivity index (χ2n) is 7.69. The first-order chi connectivity index (χ1) is 15.5. The number of carbonyl (C=O) groups excluding carboxylic acids is 1. The molecule has 168 valence electrons. The molecule has 0 N–H and O–H groups in total. The summed E-state index contributed by atoms with van der Waals surface area (Å²) >= 11 is 9.92. The van der Waals surface area contributed by atoms with Crippen molar-refractivity contribution in [1.82, 2.24) is 9.88 Å². The Morgan fingerprint density at radius 2 is 1.84 bits per heavy atom. The van der Waals surface area contributed by atoms with E-state index in [9.17, 15) is 4.79 Å². The first kappa shape index (κ1) is 24.7. The molecule has 0 bridgehead atoms. The molecule has 0 spiro atoms. The predicted molar refractivity (Wildman–Crippen MR) is 143 cm³/mol. The van der Waals surface area contributed by atoms with E-state index in [1.165, 1.54) is 5.56 Å². The van der Waals surface area contributed by atoms with Crippen LogP contribution in [0.2, 0.25) is 5.02 Å². The number of fused-ring (bicyclic) bond motifs is 1. The quantitative estimate of drug-likeness (QED) is 0.280. The van der Waals surface area contributed by atoms with Gasteiger partial charge in [0.1, 0.15) is 0 Å². The average Bonchev–Trinajstić information content (AvgIpc) is 2.79. The van der Waals surface area contributed by atoms with Gasteiger partial charge in [-0.2, -0.15) is 0 Å². The SMILES string of the molecule is CCCSC(SCCC(=O)N(C)C)c1cccc(/C=C\c2ccc3ccc(Cl)cc3n2)c1. The van der Waals surface area contributed by atoms with Crippen LogP contribution in [0.15, 0.2) is 54.6 Å². The van der Waals surface area contributed by atoms with Crippen LogP contribution in [0, 0.1) is 0 Å². The molecule has 1 heterocycles. The minimum atomic E-state index is 0.178.